The molecule has 1 unspecified atom stereocenters. The van der Waals surface area contributed by atoms with E-state index >= 15 is 0 Å². The van der Waals surface area contributed by atoms with Crippen LogP contribution in [0.1, 0.15) is 18.4 Å². The summed E-state index contributed by atoms with van der Waals surface area (Å²) >= 11 is 0. The Labute approximate surface area is 114 Å². The van der Waals surface area contributed by atoms with Gasteiger partial charge in [-0.1, -0.05) is 6.07 Å². The van der Waals surface area contributed by atoms with E-state index in [-0.39, 0.29) is 11.0 Å². The summed E-state index contributed by atoms with van der Waals surface area (Å²) in [4.78, 5) is 0.232. The summed E-state index contributed by atoms with van der Waals surface area (Å²) in [6.45, 7) is 2.95. The second-order valence-electron chi connectivity index (χ2n) is 4.94. The molecule has 0 spiro atoms. The number of aryl methyl sites for hydroxylation is 1. The highest BCUT2D eigenvalue weighted by Crippen LogP contribution is 2.21. The quantitative estimate of drug-likeness (QED) is 0.848. The lowest BCUT2D eigenvalue weighted by Gasteiger charge is -2.20. The normalized spacial score (nSPS) is 20.1. The zero-order chi connectivity index (χ0) is 14.0. The van der Waals surface area contributed by atoms with E-state index in [1.807, 2.05) is 6.92 Å². The summed E-state index contributed by atoms with van der Waals surface area (Å²) in [6.07, 6.45) is 1.91. The molecule has 0 bridgehead atoms. The lowest BCUT2D eigenvalue weighted by Crippen LogP contribution is -2.34. The molecule has 1 saturated heterocycles. The summed E-state index contributed by atoms with van der Waals surface area (Å²) in [7, 11) is -1.92. The summed E-state index contributed by atoms with van der Waals surface area (Å²) in [6, 6.07) is 4.83. The molecule has 1 aromatic rings. The Bertz CT molecular complexity index is 551. The lowest BCUT2D eigenvalue weighted by atomic mass is 10.2. The fraction of sp³-hybridized carbons (Fsp3) is 0.538. The second kappa shape index (κ2) is 5.48. The van der Waals surface area contributed by atoms with Crippen LogP contribution < -0.4 is 5.73 Å². The summed E-state index contributed by atoms with van der Waals surface area (Å²) in [5, 5.41) is 0. The molecule has 1 aromatic carbocycles. The smallest absolute Gasteiger partial charge is 0.242 e. The van der Waals surface area contributed by atoms with Crippen LogP contribution in [0.5, 0.6) is 0 Å². The minimum absolute atomic E-state index is 0.00238. The molecule has 0 aromatic heterocycles. The van der Waals surface area contributed by atoms with Crippen LogP contribution in [0.15, 0.2) is 23.1 Å². The van der Waals surface area contributed by atoms with Gasteiger partial charge in [-0.15, -0.1) is 0 Å². The van der Waals surface area contributed by atoms with Crippen molar-refractivity contribution in [1.82, 2.24) is 4.31 Å². The lowest BCUT2D eigenvalue weighted by molar-refractivity contribution is 0.0979. The largest absolute Gasteiger partial charge is 0.398 e. The van der Waals surface area contributed by atoms with Gasteiger partial charge in [-0.3, -0.25) is 0 Å². The first-order valence-corrected chi connectivity index (χ1v) is 7.79. The van der Waals surface area contributed by atoms with E-state index in [4.69, 9.17) is 10.5 Å². The van der Waals surface area contributed by atoms with Gasteiger partial charge in [0.25, 0.3) is 0 Å². The molecule has 1 heterocycles. The van der Waals surface area contributed by atoms with Gasteiger partial charge in [0.2, 0.25) is 10.0 Å². The number of hydrogen-bond acceptors (Lipinski definition) is 4. The van der Waals surface area contributed by atoms with Crippen molar-refractivity contribution < 1.29 is 13.2 Å². The van der Waals surface area contributed by atoms with Gasteiger partial charge in [-0.2, -0.15) is 4.31 Å². The van der Waals surface area contributed by atoms with Crippen molar-refractivity contribution in [3.8, 4) is 0 Å². The van der Waals surface area contributed by atoms with Crippen LogP contribution in [-0.4, -0.2) is 39.0 Å². The molecule has 2 N–H and O–H groups in total. The van der Waals surface area contributed by atoms with Crippen molar-refractivity contribution in [2.24, 2.45) is 0 Å². The fourth-order valence-electron chi connectivity index (χ4n) is 2.13. The molecule has 0 radical (unpaired) electrons. The van der Waals surface area contributed by atoms with E-state index in [2.05, 4.69) is 0 Å². The Balaban J connectivity index is 2.18. The molecule has 0 amide bonds. The molecule has 5 nitrogen and oxygen atoms in total. The molecule has 1 aliphatic heterocycles. The van der Waals surface area contributed by atoms with Crippen molar-refractivity contribution in [2.45, 2.75) is 30.8 Å². The van der Waals surface area contributed by atoms with Gasteiger partial charge in [0.1, 0.15) is 0 Å². The predicted molar refractivity (Wildman–Crippen MR) is 74.4 cm³/mol. The maximum atomic E-state index is 12.4. The Kier molecular flexibility index (Phi) is 4.13. The van der Waals surface area contributed by atoms with E-state index < -0.39 is 10.0 Å². The van der Waals surface area contributed by atoms with Crippen molar-refractivity contribution >= 4 is 15.7 Å². The molecule has 1 atom stereocenters. The number of likely N-dealkylation sites (N-methyl/N-ethyl adjacent to an activating group) is 1. The molecule has 1 fully saturated rings. The topological polar surface area (TPSA) is 72.6 Å². The number of nitrogen functional groups attached to an aromatic ring is 1. The van der Waals surface area contributed by atoms with Crippen LogP contribution in [0.25, 0.3) is 0 Å². The number of anilines is 1. The Hall–Kier alpha value is -1.11. The van der Waals surface area contributed by atoms with Crippen LogP contribution in [-0.2, 0) is 14.8 Å². The summed E-state index contributed by atoms with van der Waals surface area (Å²) < 4.78 is 31.6. The van der Waals surface area contributed by atoms with Crippen LogP contribution in [0, 0.1) is 6.92 Å². The summed E-state index contributed by atoms with van der Waals surface area (Å²) in [5.74, 6) is 0. The minimum atomic E-state index is -3.49. The number of hydrogen-bond donors (Lipinski definition) is 1. The molecular weight excluding hydrogens is 264 g/mol. The van der Waals surface area contributed by atoms with Gasteiger partial charge < -0.3 is 10.5 Å². The molecule has 1 aliphatic rings. The van der Waals surface area contributed by atoms with E-state index in [0.717, 1.165) is 25.0 Å². The average molecular weight is 284 g/mol. The van der Waals surface area contributed by atoms with Crippen LogP contribution in [0.2, 0.25) is 0 Å². The van der Waals surface area contributed by atoms with Gasteiger partial charge in [0.15, 0.2) is 0 Å². The van der Waals surface area contributed by atoms with Gasteiger partial charge in [0, 0.05) is 25.9 Å². The van der Waals surface area contributed by atoms with Gasteiger partial charge in [-0.05, 0) is 37.5 Å². The predicted octanol–water partition coefficient (Wildman–Crippen LogP) is 1.38. The SMILES string of the molecule is Cc1ccc(S(=O)(=O)N(C)CC2CCCO2)cc1N. The molecular formula is C13H20N2O3S. The third-order valence-corrected chi connectivity index (χ3v) is 5.26. The van der Waals surface area contributed by atoms with Gasteiger partial charge in [0.05, 0.1) is 11.0 Å². The molecule has 0 saturated carbocycles. The van der Waals surface area contributed by atoms with Crippen molar-refractivity contribution in [3.05, 3.63) is 23.8 Å². The van der Waals surface area contributed by atoms with Crippen LogP contribution in [0.4, 0.5) is 5.69 Å². The number of nitrogens with zero attached hydrogens (tertiary/aromatic N) is 1. The summed E-state index contributed by atoms with van der Waals surface area (Å²) in [5.41, 5.74) is 7.14. The van der Waals surface area contributed by atoms with Gasteiger partial charge >= 0.3 is 0 Å². The van der Waals surface area contributed by atoms with Crippen molar-refractivity contribution in [3.63, 3.8) is 0 Å². The van der Waals surface area contributed by atoms with Gasteiger partial charge in [-0.25, -0.2) is 8.42 Å². The first kappa shape index (κ1) is 14.3. The number of benzene rings is 1. The van der Waals surface area contributed by atoms with Crippen LogP contribution in [0.3, 0.4) is 0 Å². The average Bonchev–Trinajstić information content (AvgIpc) is 2.85. The number of ether oxygens (including phenoxy) is 1. The molecule has 19 heavy (non-hydrogen) atoms. The second-order valence-corrected chi connectivity index (χ2v) is 6.98. The third kappa shape index (κ3) is 3.08. The molecule has 106 valence electrons. The van der Waals surface area contributed by atoms with E-state index in [9.17, 15) is 8.42 Å². The highest BCUT2D eigenvalue weighted by atomic mass is 32.2. The molecule has 0 aliphatic carbocycles. The Morgan fingerprint density at radius 2 is 2.21 bits per heavy atom. The van der Waals surface area contributed by atoms with Crippen molar-refractivity contribution in [2.75, 3.05) is 25.9 Å². The Morgan fingerprint density at radius 3 is 2.79 bits per heavy atom. The van der Waals surface area contributed by atoms with E-state index in [0.29, 0.717) is 12.2 Å². The maximum absolute atomic E-state index is 12.4. The monoisotopic (exact) mass is 284 g/mol. The highest BCUT2D eigenvalue weighted by Gasteiger charge is 2.26. The first-order valence-electron chi connectivity index (χ1n) is 6.35. The fourth-order valence-corrected chi connectivity index (χ4v) is 3.37. The highest BCUT2D eigenvalue weighted by molar-refractivity contribution is 7.89. The Morgan fingerprint density at radius 1 is 1.47 bits per heavy atom. The molecule has 2 rings (SSSR count). The standard InChI is InChI=1S/C13H20N2O3S/c1-10-5-6-12(8-13(10)14)19(16,17)15(2)9-11-4-3-7-18-11/h5-6,8,11H,3-4,7,9,14H2,1-2H3. The van der Waals surface area contributed by atoms with E-state index in [1.165, 1.54) is 10.4 Å². The van der Waals surface area contributed by atoms with Crippen LogP contribution >= 0.6 is 0 Å². The first-order chi connectivity index (χ1) is 8.91. The third-order valence-electron chi connectivity index (χ3n) is 3.44. The zero-order valence-electron chi connectivity index (χ0n) is 11.3. The molecule has 6 heteroatoms. The zero-order valence-corrected chi connectivity index (χ0v) is 12.1. The maximum Gasteiger partial charge on any atom is 0.242 e. The number of sulfonamides is 1. The number of nitrogens with two attached hydrogens (primary N) is 1. The number of rotatable bonds is 4. The minimum Gasteiger partial charge on any atom is -0.398 e. The van der Waals surface area contributed by atoms with E-state index in [1.54, 1.807) is 19.2 Å². The van der Waals surface area contributed by atoms with Crippen molar-refractivity contribution in [1.29, 1.82) is 0 Å².